The third-order valence-corrected chi connectivity index (χ3v) is 4.52. The average molecular weight is 359 g/mol. The molecule has 0 aliphatic heterocycles. The maximum Gasteiger partial charge on any atom is 0.338 e. The summed E-state index contributed by atoms with van der Waals surface area (Å²) in [5, 5.41) is 1.16. The first-order chi connectivity index (χ1) is 12.0. The second kappa shape index (κ2) is 9.15. The fraction of sp³-hybridized carbons (Fsp3) is 0.211. The van der Waals surface area contributed by atoms with Crippen molar-refractivity contribution < 1.29 is 17.9 Å². The standard InChI is InChI=1S/C19H21NO4S/c1-2-24-19(21)18-10-8-17(9-11-18)12-14-20-25(22,23)15-13-16-6-4-3-5-7-16/h3-11,13,15,20H,2,12,14H2,1H3/b15-13+. The fourth-order valence-electron chi connectivity index (χ4n) is 2.14. The van der Waals surface area contributed by atoms with Crippen molar-refractivity contribution in [2.24, 2.45) is 0 Å². The molecule has 1 N–H and O–H groups in total. The van der Waals surface area contributed by atoms with Crippen molar-refractivity contribution in [3.63, 3.8) is 0 Å². The van der Waals surface area contributed by atoms with Crippen molar-refractivity contribution in [1.29, 1.82) is 0 Å². The van der Waals surface area contributed by atoms with Crippen molar-refractivity contribution in [3.05, 3.63) is 76.7 Å². The zero-order valence-electron chi connectivity index (χ0n) is 14.0. The van der Waals surface area contributed by atoms with Gasteiger partial charge in [-0.3, -0.25) is 0 Å². The van der Waals surface area contributed by atoms with E-state index in [0.29, 0.717) is 18.6 Å². The minimum absolute atomic E-state index is 0.278. The number of benzene rings is 2. The van der Waals surface area contributed by atoms with E-state index in [1.54, 1.807) is 37.3 Å². The van der Waals surface area contributed by atoms with Gasteiger partial charge in [0.25, 0.3) is 0 Å². The summed E-state index contributed by atoms with van der Waals surface area (Å²) in [6.45, 7) is 2.36. The first-order valence-corrected chi connectivity index (χ1v) is 9.53. The zero-order valence-corrected chi connectivity index (χ0v) is 14.8. The van der Waals surface area contributed by atoms with E-state index in [1.165, 1.54) is 0 Å². The van der Waals surface area contributed by atoms with E-state index < -0.39 is 10.0 Å². The molecule has 0 saturated carbocycles. The second-order valence-corrected chi connectivity index (χ2v) is 6.97. The van der Waals surface area contributed by atoms with Crippen LogP contribution >= 0.6 is 0 Å². The number of nitrogens with one attached hydrogen (secondary N) is 1. The highest BCUT2D eigenvalue weighted by Crippen LogP contribution is 2.07. The number of hydrogen-bond donors (Lipinski definition) is 1. The highest BCUT2D eigenvalue weighted by Gasteiger charge is 2.07. The van der Waals surface area contributed by atoms with E-state index in [1.807, 2.05) is 30.3 Å². The van der Waals surface area contributed by atoms with Crippen LogP contribution in [0, 0.1) is 0 Å². The Morgan fingerprint density at radius 2 is 1.76 bits per heavy atom. The van der Waals surface area contributed by atoms with Crippen molar-refractivity contribution >= 4 is 22.1 Å². The number of carbonyl (C=O) groups excluding carboxylic acids is 1. The summed E-state index contributed by atoms with van der Waals surface area (Å²) in [5.41, 5.74) is 2.24. The van der Waals surface area contributed by atoms with Crippen LogP contribution in [0.4, 0.5) is 0 Å². The molecular formula is C19H21NO4S. The normalized spacial score (nSPS) is 11.6. The Hall–Kier alpha value is -2.44. The number of hydrogen-bond acceptors (Lipinski definition) is 4. The van der Waals surface area contributed by atoms with Gasteiger partial charge in [0.05, 0.1) is 12.2 Å². The fourth-order valence-corrected chi connectivity index (χ4v) is 2.96. The monoisotopic (exact) mass is 359 g/mol. The van der Waals surface area contributed by atoms with E-state index in [4.69, 9.17) is 4.74 Å². The maximum atomic E-state index is 12.0. The molecule has 5 nitrogen and oxygen atoms in total. The molecule has 0 spiro atoms. The Morgan fingerprint density at radius 3 is 2.40 bits per heavy atom. The smallest absolute Gasteiger partial charge is 0.338 e. The minimum atomic E-state index is -3.48. The van der Waals surface area contributed by atoms with Crippen molar-refractivity contribution in [2.75, 3.05) is 13.2 Å². The first-order valence-electron chi connectivity index (χ1n) is 7.99. The van der Waals surface area contributed by atoms with Gasteiger partial charge in [0.2, 0.25) is 10.0 Å². The molecule has 0 aromatic heterocycles. The van der Waals surface area contributed by atoms with Crippen LogP contribution in [0.15, 0.2) is 60.0 Å². The van der Waals surface area contributed by atoms with Crippen molar-refractivity contribution in [2.45, 2.75) is 13.3 Å². The summed E-state index contributed by atoms with van der Waals surface area (Å²) >= 11 is 0. The van der Waals surface area contributed by atoms with E-state index in [0.717, 1.165) is 16.5 Å². The van der Waals surface area contributed by atoms with Crippen LogP contribution in [0.5, 0.6) is 0 Å². The van der Waals surface area contributed by atoms with E-state index >= 15 is 0 Å². The summed E-state index contributed by atoms with van der Waals surface area (Å²) < 4.78 is 31.3. The van der Waals surface area contributed by atoms with E-state index in [2.05, 4.69) is 4.72 Å². The predicted octanol–water partition coefficient (Wildman–Crippen LogP) is 3.00. The molecule has 6 heteroatoms. The minimum Gasteiger partial charge on any atom is -0.462 e. The number of carbonyl (C=O) groups is 1. The van der Waals surface area contributed by atoms with Gasteiger partial charge in [-0.15, -0.1) is 0 Å². The molecule has 0 radical (unpaired) electrons. The third kappa shape index (κ3) is 6.52. The van der Waals surface area contributed by atoms with Gasteiger partial charge in [-0.2, -0.15) is 0 Å². The van der Waals surface area contributed by atoms with Crippen LogP contribution in [0.1, 0.15) is 28.4 Å². The highest BCUT2D eigenvalue weighted by atomic mass is 32.2. The lowest BCUT2D eigenvalue weighted by Crippen LogP contribution is -2.23. The second-order valence-electron chi connectivity index (χ2n) is 5.32. The van der Waals surface area contributed by atoms with Crippen molar-refractivity contribution in [1.82, 2.24) is 4.72 Å². The molecule has 0 amide bonds. The molecule has 0 heterocycles. The van der Waals surface area contributed by atoms with Crippen LogP contribution in [0.3, 0.4) is 0 Å². The van der Waals surface area contributed by atoms with Gasteiger partial charge >= 0.3 is 5.97 Å². The summed E-state index contributed by atoms with van der Waals surface area (Å²) in [5.74, 6) is -0.360. The Kier molecular flexibility index (Phi) is 6.91. The van der Waals surface area contributed by atoms with Gasteiger partial charge < -0.3 is 4.74 Å². The number of ether oxygens (including phenoxy) is 1. The van der Waals surface area contributed by atoms with E-state index in [-0.39, 0.29) is 12.5 Å². The molecule has 132 valence electrons. The molecule has 0 saturated heterocycles. The van der Waals surface area contributed by atoms with Gasteiger partial charge in [0, 0.05) is 12.0 Å². The average Bonchev–Trinajstić information content (AvgIpc) is 2.62. The Labute approximate surface area is 148 Å². The molecular weight excluding hydrogens is 338 g/mol. The summed E-state index contributed by atoms with van der Waals surface area (Å²) in [4.78, 5) is 11.6. The largest absolute Gasteiger partial charge is 0.462 e. The Morgan fingerprint density at radius 1 is 1.08 bits per heavy atom. The third-order valence-electron chi connectivity index (χ3n) is 3.42. The molecule has 2 rings (SSSR count). The Balaban J connectivity index is 1.85. The zero-order chi connectivity index (χ0) is 18.1. The van der Waals surface area contributed by atoms with Crippen LogP contribution in [-0.2, 0) is 21.2 Å². The highest BCUT2D eigenvalue weighted by molar-refractivity contribution is 7.92. The Bertz CT molecular complexity index is 812. The molecule has 25 heavy (non-hydrogen) atoms. The number of esters is 1. The first kappa shape index (κ1) is 18.9. The van der Waals surface area contributed by atoms with Gasteiger partial charge in [-0.25, -0.2) is 17.9 Å². The quantitative estimate of drug-likeness (QED) is 0.736. The SMILES string of the molecule is CCOC(=O)c1ccc(CCNS(=O)(=O)/C=C/c2ccccc2)cc1. The molecule has 0 bridgehead atoms. The van der Waals surface area contributed by atoms with Gasteiger partial charge in [-0.05, 0) is 42.7 Å². The summed E-state index contributed by atoms with van der Waals surface area (Å²) in [6, 6.07) is 16.2. The van der Waals surface area contributed by atoms with E-state index in [9.17, 15) is 13.2 Å². The molecule has 0 fully saturated rings. The van der Waals surface area contributed by atoms with Gasteiger partial charge in [-0.1, -0.05) is 42.5 Å². The van der Waals surface area contributed by atoms with Gasteiger partial charge in [0.15, 0.2) is 0 Å². The van der Waals surface area contributed by atoms with Gasteiger partial charge in [0.1, 0.15) is 0 Å². The van der Waals surface area contributed by atoms with Crippen LogP contribution < -0.4 is 4.72 Å². The maximum absolute atomic E-state index is 12.0. The molecule has 0 atom stereocenters. The van der Waals surface area contributed by atoms with Crippen molar-refractivity contribution in [3.8, 4) is 0 Å². The molecule has 0 unspecified atom stereocenters. The summed E-state index contributed by atoms with van der Waals surface area (Å²) in [6.07, 6.45) is 2.08. The van der Waals surface area contributed by atoms with Crippen LogP contribution in [0.2, 0.25) is 0 Å². The van der Waals surface area contributed by atoms with Crippen LogP contribution in [0.25, 0.3) is 6.08 Å². The molecule has 0 aliphatic rings. The molecule has 2 aromatic rings. The lowest BCUT2D eigenvalue weighted by atomic mass is 10.1. The molecule has 2 aromatic carbocycles. The lowest BCUT2D eigenvalue weighted by Gasteiger charge is -2.05. The van der Waals surface area contributed by atoms with Crippen LogP contribution in [-0.4, -0.2) is 27.5 Å². The number of sulfonamides is 1. The number of rotatable bonds is 8. The predicted molar refractivity (Wildman–Crippen MR) is 98.5 cm³/mol. The topological polar surface area (TPSA) is 72.5 Å². The lowest BCUT2D eigenvalue weighted by molar-refractivity contribution is 0.0526. The summed E-state index contributed by atoms with van der Waals surface area (Å²) in [7, 11) is -3.48. The molecule has 0 aliphatic carbocycles.